The Bertz CT molecular complexity index is 1240. The second-order valence-electron chi connectivity index (χ2n) is 8.22. The lowest BCUT2D eigenvalue weighted by Gasteiger charge is -2.33. The third-order valence-corrected chi connectivity index (χ3v) is 6.05. The third-order valence-electron chi connectivity index (χ3n) is 6.05. The molecule has 2 aromatic carbocycles. The number of carbonyl (C=O) groups is 2. The molecule has 9 heteroatoms. The molecular formula is C25H28N4O5. The molecule has 34 heavy (non-hydrogen) atoms. The van der Waals surface area contributed by atoms with E-state index in [1.807, 2.05) is 38.1 Å². The SMILES string of the molecule is COc1cc(C(=O)N[C@@H]2C(=O)Nc3c(c(C)nn3C)[C@H]2c2cccc(C)c2)cc(OC)c1OC. The number of ether oxygens (including phenoxy) is 3. The van der Waals surface area contributed by atoms with E-state index in [9.17, 15) is 9.59 Å². The van der Waals surface area contributed by atoms with Crippen molar-refractivity contribution in [3.05, 3.63) is 64.3 Å². The average molecular weight is 465 g/mol. The van der Waals surface area contributed by atoms with Gasteiger partial charge < -0.3 is 24.8 Å². The number of hydrogen-bond donors (Lipinski definition) is 2. The molecule has 1 aromatic heterocycles. The molecule has 3 aromatic rings. The summed E-state index contributed by atoms with van der Waals surface area (Å²) in [6.45, 7) is 3.89. The molecule has 0 aliphatic carbocycles. The van der Waals surface area contributed by atoms with Gasteiger partial charge in [0.15, 0.2) is 11.5 Å². The molecule has 0 saturated carbocycles. The normalized spacial score (nSPS) is 16.9. The number of carbonyl (C=O) groups excluding carboxylic acids is 2. The highest BCUT2D eigenvalue weighted by Gasteiger charge is 2.41. The highest BCUT2D eigenvalue weighted by atomic mass is 16.5. The van der Waals surface area contributed by atoms with Crippen molar-refractivity contribution in [1.29, 1.82) is 0 Å². The van der Waals surface area contributed by atoms with Crippen molar-refractivity contribution >= 4 is 17.6 Å². The Labute approximate surface area is 198 Å². The Morgan fingerprint density at radius 3 is 2.32 bits per heavy atom. The molecule has 2 amide bonds. The van der Waals surface area contributed by atoms with Crippen LogP contribution in [-0.4, -0.2) is 49.0 Å². The van der Waals surface area contributed by atoms with Crippen LogP contribution < -0.4 is 24.8 Å². The zero-order chi connectivity index (χ0) is 24.6. The summed E-state index contributed by atoms with van der Waals surface area (Å²) < 4.78 is 17.7. The van der Waals surface area contributed by atoms with Gasteiger partial charge in [-0.1, -0.05) is 29.8 Å². The first-order chi connectivity index (χ1) is 16.3. The van der Waals surface area contributed by atoms with Crippen LogP contribution in [0.15, 0.2) is 36.4 Å². The van der Waals surface area contributed by atoms with Gasteiger partial charge in [0.1, 0.15) is 11.9 Å². The Hall–Kier alpha value is -4.01. The molecule has 2 N–H and O–H groups in total. The molecule has 178 valence electrons. The highest BCUT2D eigenvalue weighted by Crippen LogP contribution is 2.41. The van der Waals surface area contributed by atoms with Crippen molar-refractivity contribution in [2.75, 3.05) is 26.6 Å². The molecular weight excluding hydrogens is 436 g/mol. The summed E-state index contributed by atoms with van der Waals surface area (Å²) in [5.74, 6) is 0.534. The van der Waals surface area contributed by atoms with Crippen LogP contribution in [0.2, 0.25) is 0 Å². The van der Waals surface area contributed by atoms with Crippen LogP contribution in [0.25, 0.3) is 0 Å². The number of rotatable bonds is 6. The van der Waals surface area contributed by atoms with Gasteiger partial charge in [0.05, 0.1) is 27.0 Å². The number of nitrogens with one attached hydrogen (secondary N) is 2. The lowest BCUT2D eigenvalue weighted by Crippen LogP contribution is -2.50. The monoisotopic (exact) mass is 464 g/mol. The summed E-state index contributed by atoms with van der Waals surface area (Å²) in [6.07, 6.45) is 0. The second kappa shape index (κ2) is 9.09. The number of methoxy groups -OCH3 is 3. The fraction of sp³-hybridized carbons (Fsp3) is 0.320. The molecule has 0 radical (unpaired) electrons. The molecule has 0 saturated heterocycles. The smallest absolute Gasteiger partial charge is 0.252 e. The lowest BCUT2D eigenvalue weighted by molar-refractivity contribution is -0.118. The first-order valence-electron chi connectivity index (χ1n) is 10.8. The van der Waals surface area contributed by atoms with E-state index in [-0.39, 0.29) is 11.5 Å². The molecule has 2 heterocycles. The molecule has 1 aliphatic heterocycles. The minimum Gasteiger partial charge on any atom is -0.493 e. The van der Waals surface area contributed by atoms with E-state index in [4.69, 9.17) is 14.2 Å². The third kappa shape index (κ3) is 3.93. The van der Waals surface area contributed by atoms with Crippen molar-refractivity contribution in [2.45, 2.75) is 25.8 Å². The predicted octanol–water partition coefficient (Wildman–Crippen LogP) is 2.95. The van der Waals surface area contributed by atoms with Crippen LogP contribution in [0.3, 0.4) is 0 Å². The van der Waals surface area contributed by atoms with Gasteiger partial charge >= 0.3 is 0 Å². The summed E-state index contributed by atoms with van der Waals surface area (Å²) >= 11 is 0. The number of aryl methyl sites for hydroxylation is 3. The predicted molar refractivity (Wildman–Crippen MR) is 127 cm³/mol. The molecule has 4 rings (SSSR count). The molecule has 0 bridgehead atoms. The van der Waals surface area contributed by atoms with Crippen LogP contribution in [0, 0.1) is 13.8 Å². The van der Waals surface area contributed by atoms with E-state index in [2.05, 4.69) is 15.7 Å². The van der Waals surface area contributed by atoms with E-state index in [0.29, 0.717) is 23.1 Å². The van der Waals surface area contributed by atoms with Gasteiger partial charge in [0.25, 0.3) is 5.91 Å². The minimum absolute atomic E-state index is 0.277. The summed E-state index contributed by atoms with van der Waals surface area (Å²) in [5, 5.41) is 10.3. The lowest BCUT2D eigenvalue weighted by atomic mass is 9.81. The zero-order valence-corrected chi connectivity index (χ0v) is 20.1. The minimum atomic E-state index is -0.858. The largest absolute Gasteiger partial charge is 0.493 e. The van der Waals surface area contributed by atoms with Crippen LogP contribution >= 0.6 is 0 Å². The number of amides is 2. The standard InChI is InChI=1S/C25H28N4O5/c1-13-8-7-9-15(10-13)20-19-14(2)28-29(3)23(19)27-25(31)21(20)26-24(30)16-11-17(32-4)22(34-6)18(12-16)33-5/h7-12,20-21H,1-6H3,(H,26,30)(H,27,31)/t20-,21+/m1/s1. The number of fused-ring (bicyclic) bond motifs is 1. The fourth-order valence-electron chi connectivity index (χ4n) is 4.52. The van der Waals surface area contributed by atoms with Crippen molar-refractivity contribution in [3.8, 4) is 17.2 Å². The van der Waals surface area contributed by atoms with Crippen LogP contribution in [-0.2, 0) is 11.8 Å². The number of nitrogens with zero attached hydrogens (tertiary/aromatic N) is 2. The van der Waals surface area contributed by atoms with Gasteiger partial charge in [-0.05, 0) is 31.5 Å². The quantitative estimate of drug-likeness (QED) is 0.581. The molecule has 9 nitrogen and oxygen atoms in total. The van der Waals surface area contributed by atoms with E-state index >= 15 is 0 Å². The van der Waals surface area contributed by atoms with Crippen LogP contribution in [0.1, 0.15) is 38.7 Å². The van der Waals surface area contributed by atoms with E-state index in [1.165, 1.54) is 21.3 Å². The van der Waals surface area contributed by atoms with Gasteiger partial charge in [-0.2, -0.15) is 5.10 Å². The van der Waals surface area contributed by atoms with Crippen LogP contribution in [0.4, 0.5) is 5.82 Å². The summed E-state index contributed by atoms with van der Waals surface area (Å²) in [4.78, 5) is 26.6. The summed E-state index contributed by atoms with van der Waals surface area (Å²) in [5.41, 5.74) is 3.92. The van der Waals surface area contributed by atoms with Gasteiger partial charge in [-0.15, -0.1) is 0 Å². The Morgan fingerprint density at radius 1 is 1.06 bits per heavy atom. The Kier molecular flexibility index (Phi) is 6.19. The fourth-order valence-corrected chi connectivity index (χ4v) is 4.52. The number of benzene rings is 2. The maximum absolute atomic E-state index is 13.4. The van der Waals surface area contributed by atoms with Crippen molar-refractivity contribution in [1.82, 2.24) is 15.1 Å². The Morgan fingerprint density at radius 2 is 1.74 bits per heavy atom. The van der Waals surface area contributed by atoms with E-state index in [0.717, 1.165) is 22.4 Å². The summed E-state index contributed by atoms with van der Waals surface area (Å²) in [7, 11) is 6.24. The maximum atomic E-state index is 13.4. The molecule has 0 spiro atoms. The number of anilines is 1. The summed E-state index contributed by atoms with van der Waals surface area (Å²) in [6, 6.07) is 10.2. The molecule has 0 unspecified atom stereocenters. The zero-order valence-electron chi connectivity index (χ0n) is 20.1. The van der Waals surface area contributed by atoms with Crippen molar-refractivity contribution < 1.29 is 23.8 Å². The van der Waals surface area contributed by atoms with E-state index in [1.54, 1.807) is 23.9 Å². The van der Waals surface area contributed by atoms with Crippen molar-refractivity contribution in [3.63, 3.8) is 0 Å². The number of hydrogen-bond acceptors (Lipinski definition) is 6. The van der Waals surface area contributed by atoms with Gasteiger partial charge in [-0.3, -0.25) is 14.3 Å². The molecule has 2 atom stereocenters. The maximum Gasteiger partial charge on any atom is 0.252 e. The first-order valence-corrected chi connectivity index (χ1v) is 10.8. The average Bonchev–Trinajstić information content (AvgIpc) is 3.10. The van der Waals surface area contributed by atoms with Gasteiger partial charge in [0, 0.05) is 24.1 Å². The second-order valence-corrected chi connectivity index (χ2v) is 8.22. The first kappa shape index (κ1) is 23.2. The Balaban J connectivity index is 1.78. The van der Waals surface area contributed by atoms with Crippen molar-refractivity contribution in [2.24, 2.45) is 7.05 Å². The number of aromatic nitrogens is 2. The highest BCUT2D eigenvalue weighted by molar-refractivity contribution is 6.04. The topological polar surface area (TPSA) is 104 Å². The molecule has 0 fully saturated rings. The van der Waals surface area contributed by atoms with Gasteiger partial charge in [-0.25, -0.2) is 0 Å². The van der Waals surface area contributed by atoms with E-state index < -0.39 is 17.9 Å². The van der Waals surface area contributed by atoms with Crippen LogP contribution in [0.5, 0.6) is 17.2 Å². The van der Waals surface area contributed by atoms with Gasteiger partial charge in [0.2, 0.25) is 11.7 Å². The molecule has 1 aliphatic rings.